The monoisotopic (exact) mass is 660 g/mol. The van der Waals surface area contributed by atoms with Crippen molar-refractivity contribution in [1.29, 1.82) is 0 Å². The van der Waals surface area contributed by atoms with E-state index in [4.69, 9.17) is 18.9 Å². The quantitative estimate of drug-likeness (QED) is 0.0735. The molecular formula is C37H48N4O7. The number of esters is 1. The van der Waals surface area contributed by atoms with Crippen LogP contribution in [0.2, 0.25) is 0 Å². The average Bonchev–Trinajstić information content (AvgIpc) is 3.07. The molecule has 1 aromatic heterocycles. The standard InChI is InChI=1S/C37H48N4O7/c1-7-33(37(44)45-8-2)48-34-23-31(18-19-32(34)36(43)41(26(3)4)27(5)6)47-22-11-9-10-21-46-30-16-14-28(15-17-30)24-39-40-35(42)29-13-12-20-38-25-29/h12-20,23,25-27,33H,7-11,21-22,24H2,1-6H3. The lowest BCUT2D eigenvalue weighted by Gasteiger charge is -2.31. The summed E-state index contributed by atoms with van der Waals surface area (Å²) in [5.74, 6) is 0.538. The number of nitrogens with zero attached hydrogens (tertiary/aromatic N) is 4. The minimum absolute atomic E-state index is 0.0179. The van der Waals surface area contributed by atoms with Crippen LogP contribution in [0.4, 0.5) is 0 Å². The molecule has 0 N–H and O–H groups in total. The minimum atomic E-state index is -0.839. The Hall–Kier alpha value is -4.80. The van der Waals surface area contributed by atoms with Crippen LogP contribution in [-0.4, -0.2) is 65.7 Å². The Labute approximate surface area is 283 Å². The molecule has 0 aliphatic rings. The van der Waals surface area contributed by atoms with Gasteiger partial charge in [-0.05, 0) is 102 Å². The molecule has 1 atom stereocenters. The highest BCUT2D eigenvalue weighted by atomic mass is 16.6. The Morgan fingerprint density at radius 3 is 2.12 bits per heavy atom. The number of azo groups is 1. The zero-order chi connectivity index (χ0) is 34.9. The fourth-order valence-corrected chi connectivity index (χ4v) is 4.94. The Bertz CT molecular complexity index is 1470. The number of benzene rings is 2. The molecule has 3 rings (SSSR count). The maximum absolute atomic E-state index is 13.6. The molecule has 3 aromatic rings. The number of carbonyl (C=O) groups is 3. The molecule has 1 unspecified atom stereocenters. The summed E-state index contributed by atoms with van der Waals surface area (Å²) >= 11 is 0. The average molecular weight is 661 g/mol. The van der Waals surface area contributed by atoms with Gasteiger partial charge in [0, 0.05) is 30.5 Å². The Kier molecular flexibility index (Phi) is 15.5. The predicted molar refractivity (Wildman–Crippen MR) is 183 cm³/mol. The first-order valence-electron chi connectivity index (χ1n) is 16.6. The van der Waals surface area contributed by atoms with E-state index in [2.05, 4.69) is 15.2 Å². The van der Waals surface area contributed by atoms with Crippen LogP contribution in [0.25, 0.3) is 0 Å². The summed E-state index contributed by atoms with van der Waals surface area (Å²) in [6.45, 7) is 13.0. The smallest absolute Gasteiger partial charge is 0.347 e. The fourth-order valence-electron chi connectivity index (χ4n) is 4.94. The Morgan fingerprint density at radius 1 is 0.854 bits per heavy atom. The highest BCUT2D eigenvalue weighted by molar-refractivity contribution is 5.97. The Morgan fingerprint density at radius 2 is 1.52 bits per heavy atom. The summed E-state index contributed by atoms with van der Waals surface area (Å²) in [4.78, 5) is 43.8. The van der Waals surface area contributed by atoms with Crippen LogP contribution in [0, 0.1) is 0 Å². The number of aromatic nitrogens is 1. The third-order valence-electron chi connectivity index (χ3n) is 7.29. The molecule has 0 aliphatic heterocycles. The largest absolute Gasteiger partial charge is 0.494 e. The van der Waals surface area contributed by atoms with E-state index in [0.717, 1.165) is 30.6 Å². The van der Waals surface area contributed by atoms with E-state index < -0.39 is 18.0 Å². The summed E-state index contributed by atoms with van der Waals surface area (Å²) in [7, 11) is 0. The lowest BCUT2D eigenvalue weighted by atomic mass is 10.1. The Balaban J connectivity index is 1.48. The fraction of sp³-hybridized carbons (Fsp3) is 0.459. The summed E-state index contributed by atoms with van der Waals surface area (Å²) in [5.41, 5.74) is 1.69. The zero-order valence-corrected chi connectivity index (χ0v) is 28.9. The summed E-state index contributed by atoms with van der Waals surface area (Å²) in [6.07, 6.45) is 5.14. The number of hydrogen-bond donors (Lipinski definition) is 0. The van der Waals surface area contributed by atoms with E-state index in [-0.39, 0.29) is 31.1 Å². The number of amides is 2. The molecule has 11 heteroatoms. The van der Waals surface area contributed by atoms with Crippen LogP contribution in [-0.2, 0) is 16.1 Å². The van der Waals surface area contributed by atoms with Gasteiger partial charge in [0.25, 0.3) is 11.8 Å². The molecule has 0 bridgehead atoms. The second-order valence-corrected chi connectivity index (χ2v) is 11.7. The molecule has 11 nitrogen and oxygen atoms in total. The molecule has 0 saturated carbocycles. The number of unbranched alkanes of at least 4 members (excludes halogenated alkanes) is 2. The van der Waals surface area contributed by atoms with Crippen molar-refractivity contribution in [2.75, 3.05) is 19.8 Å². The molecule has 2 amide bonds. The molecule has 48 heavy (non-hydrogen) atoms. The lowest BCUT2D eigenvalue weighted by molar-refractivity contribution is -0.151. The lowest BCUT2D eigenvalue weighted by Crippen LogP contribution is -2.42. The second kappa shape index (κ2) is 19.8. The van der Waals surface area contributed by atoms with Gasteiger partial charge in [-0.3, -0.25) is 14.6 Å². The van der Waals surface area contributed by atoms with Crippen molar-refractivity contribution in [2.24, 2.45) is 10.2 Å². The van der Waals surface area contributed by atoms with E-state index >= 15 is 0 Å². The topological polar surface area (TPSA) is 129 Å². The van der Waals surface area contributed by atoms with Gasteiger partial charge >= 0.3 is 5.97 Å². The molecule has 0 fully saturated rings. The van der Waals surface area contributed by atoms with Crippen molar-refractivity contribution >= 4 is 17.8 Å². The van der Waals surface area contributed by atoms with Gasteiger partial charge in [0.15, 0.2) is 6.10 Å². The number of hydrogen-bond acceptors (Lipinski definition) is 9. The molecule has 1 heterocycles. The first kappa shape index (κ1) is 37.7. The van der Waals surface area contributed by atoms with E-state index in [9.17, 15) is 14.4 Å². The second-order valence-electron chi connectivity index (χ2n) is 11.7. The van der Waals surface area contributed by atoms with Crippen molar-refractivity contribution in [3.63, 3.8) is 0 Å². The van der Waals surface area contributed by atoms with Gasteiger partial charge < -0.3 is 23.8 Å². The van der Waals surface area contributed by atoms with Crippen LogP contribution in [0.5, 0.6) is 17.2 Å². The van der Waals surface area contributed by atoms with Gasteiger partial charge in [0.1, 0.15) is 17.2 Å². The van der Waals surface area contributed by atoms with E-state index in [1.165, 1.54) is 6.20 Å². The highest BCUT2D eigenvalue weighted by Crippen LogP contribution is 2.29. The molecule has 2 aromatic carbocycles. The van der Waals surface area contributed by atoms with Gasteiger partial charge in [0.05, 0.1) is 37.5 Å². The van der Waals surface area contributed by atoms with Crippen LogP contribution in [0.1, 0.15) is 93.5 Å². The van der Waals surface area contributed by atoms with Crippen molar-refractivity contribution in [1.82, 2.24) is 9.88 Å². The van der Waals surface area contributed by atoms with Gasteiger partial charge in [-0.2, -0.15) is 5.11 Å². The summed E-state index contributed by atoms with van der Waals surface area (Å²) < 4.78 is 23.1. The highest BCUT2D eigenvalue weighted by Gasteiger charge is 2.28. The normalized spacial score (nSPS) is 11.8. The van der Waals surface area contributed by atoms with E-state index in [1.54, 1.807) is 48.4 Å². The molecule has 0 radical (unpaired) electrons. The molecule has 0 aliphatic carbocycles. The molecule has 0 saturated heterocycles. The first-order valence-corrected chi connectivity index (χ1v) is 16.6. The molecule has 0 spiro atoms. The van der Waals surface area contributed by atoms with E-state index in [0.29, 0.717) is 42.3 Å². The van der Waals surface area contributed by atoms with Crippen molar-refractivity contribution in [2.45, 2.75) is 92.0 Å². The van der Waals surface area contributed by atoms with Gasteiger partial charge in [-0.25, -0.2) is 4.79 Å². The number of ether oxygens (including phenoxy) is 4. The van der Waals surface area contributed by atoms with Crippen LogP contribution >= 0.6 is 0 Å². The van der Waals surface area contributed by atoms with Gasteiger partial charge in [-0.15, -0.1) is 5.11 Å². The van der Waals surface area contributed by atoms with Crippen molar-refractivity contribution in [3.05, 3.63) is 83.7 Å². The SMILES string of the molecule is CCOC(=O)C(CC)Oc1cc(OCCCCCOc2ccc(CN=NC(=O)c3cccnc3)cc2)ccc1C(=O)N(C(C)C)C(C)C. The molecule has 258 valence electrons. The maximum Gasteiger partial charge on any atom is 0.347 e. The van der Waals surface area contributed by atoms with Crippen molar-refractivity contribution in [3.8, 4) is 17.2 Å². The number of rotatable bonds is 19. The molecular weight excluding hydrogens is 612 g/mol. The summed E-state index contributed by atoms with van der Waals surface area (Å²) in [5, 5.41) is 7.73. The third kappa shape index (κ3) is 11.8. The summed E-state index contributed by atoms with van der Waals surface area (Å²) in [6, 6.07) is 16.0. The number of pyridine rings is 1. The van der Waals surface area contributed by atoms with Crippen LogP contribution in [0.15, 0.2) is 77.2 Å². The van der Waals surface area contributed by atoms with Crippen LogP contribution in [0.3, 0.4) is 0 Å². The third-order valence-corrected chi connectivity index (χ3v) is 7.29. The maximum atomic E-state index is 13.6. The predicted octanol–water partition coefficient (Wildman–Crippen LogP) is 7.48. The van der Waals surface area contributed by atoms with Crippen molar-refractivity contribution < 1.29 is 33.3 Å². The zero-order valence-electron chi connectivity index (χ0n) is 28.9. The first-order chi connectivity index (χ1) is 23.1. The van der Waals surface area contributed by atoms with Gasteiger partial charge in [-0.1, -0.05) is 19.1 Å². The van der Waals surface area contributed by atoms with E-state index in [1.807, 2.05) is 58.9 Å². The number of carbonyl (C=O) groups excluding carboxylic acids is 3. The minimum Gasteiger partial charge on any atom is -0.494 e. The van der Waals surface area contributed by atoms with Crippen LogP contribution < -0.4 is 14.2 Å². The van der Waals surface area contributed by atoms with Gasteiger partial charge in [0.2, 0.25) is 0 Å².